The highest BCUT2D eigenvalue weighted by atomic mass is 16.5. The third-order valence-electron chi connectivity index (χ3n) is 5.64. The highest BCUT2D eigenvalue weighted by molar-refractivity contribution is 6.09. The van der Waals surface area contributed by atoms with Crippen LogP contribution in [0.3, 0.4) is 0 Å². The summed E-state index contributed by atoms with van der Waals surface area (Å²) in [4.78, 5) is 21.7. The van der Waals surface area contributed by atoms with E-state index in [1.54, 1.807) is 44.8 Å². The number of aromatic nitrogens is 1. The second-order valence-corrected chi connectivity index (χ2v) is 7.51. The zero-order valence-electron chi connectivity index (χ0n) is 18.4. The number of benzene rings is 2. The van der Waals surface area contributed by atoms with E-state index >= 15 is 0 Å². The molecule has 2 aromatic carbocycles. The van der Waals surface area contributed by atoms with Gasteiger partial charge in [-0.2, -0.15) is 0 Å². The maximum absolute atomic E-state index is 13.0. The van der Waals surface area contributed by atoms with Crippen LogP contribution in [0.4, 0.5) is 11.4 Å². The van der Waals surface area contributed by atoms with E-state index in [1.165, 1.54) is 5.69 Å². The van der Waals surface area contributed by atoms with Gasteiger partial charge < -0.3 is 19.3 Å². The lowest BCUT2D eigenvalue weighted by Crippen LogP contribution is -2.46. The minimum Gasteiger partial charge on any atom is -0.496 e. The molecule has 0 aliphatic carbocycles. The Labute approximate surface area is 188 Å². The number of para-hydroxylation sites is 1. The van der Waals surface area contributed by atoms with Crippen LogP contribution in [0.25, 0.3) is 6.08 Å². The molecule has 1 aliphatic heterocycles. The highest BCUT2D eigenvalue weighted by Gasteiger charge is 2.23. The van der Waals surface area contributed by atoms with E-state index in [9.17, 15) is 4.79 Å². The molecule has 0 bridgehead atoms. The van der Waals surface area contributed by atoms with Crippen LogP contribution in [0.1, 0.15) is 15.9 Å². The Hall–Kier alpha value is -3.80. The summed E-state index contributed by atoms with van der Waals surface area (Å²) in [6, 6.07) is 17.8. The van der Waals surface area contributed by atoms with Crippen LogP contribution < -0.4 is 19.3 Å². The summed E-state index contributed by atoms with van der Waals surface area (Å²) in [5.74, 6) is 1.08. The number of methoxy groups -OCH3 is 2. The standard InChI is InChI=1S/C26H27N3O3/c1-31-25-19-26(32-2)23(18-22(25)24(30)9-8-20-10-12-27-13-11-20)29-16-14-28(15-17-29)21-6-4-3-5-7-21/h3-13,18-19H,14-17H2,1-2H3/b9-8+. The number of hydrogen-bond acceptors (Lipinski definition) is 6. The van der Waals surface area contributed by atoms with Crippen LogP contribution in [0.5, 0.6) is 11.5 Å². The number of ether oxygens (including phenoxy) is 2. The predicted molar refractivity (Wildman–Crippen MR) is 128 cm³/mol. The summed E-state index contributed by atoms with van der Waals surface area (Å²) in [6.07, 6.45) is 6.75. The van der Waals surface area contributed by atoms with Crippen molar-refractivity contribution in [2.24, 2.45) is 0 Å². The van der Waals surface area contributed by atoms with Gasteiger partial charge in [-0.1, -0.05) is 24.3 Å². The van der Waals surface area contributed by atoms with Crippen molar-refractivity contribution in [3.63, 3.8) is 0 Å². The minimum absolute atomic E-state index is 0.120. The van der Waals surface area contributed by atoms with Crippen LogP contribution in [0, 0.1) is 0 Å². The molecule has 164 valence electrons. The number of rotatable bonds is 7. The summed E-state index contributed by atoms with van der Waals surface area (Å²) in [6.45, 7) is 3.45. The Morgan fingerprint density at radius 2 is 1.53 bits per heavy atom. The fourth-order valence-electron chi connectivity index (χ4n) is 3.90. The van der Waals surface area contributed by atoms with E-state index in [4.69, 9.17) is 9.47 Å². The number of carbonyl (C=O) groups is 1. The Balaban J connectivity index is 1.57. The van der Waals surface area contributed by atoms with Gasteiger partial charge in [0.2, 0.25) is 0 Å². The van der Waals surface area contributed by atoms with Crippen molar-refractivity contribution in [1.29, 1.82) is 0 Å². The molecule has 0 amide bonds. The van der Waals surface area contributed by atoms with Gasteiger partial charge in [0.25, 0.3) is 0 Å². The zero-order chi connectivity index (χ0) is 22.3. The van der Waals surface area contributed by atoms with E-state index in [0.29, 0.717) is 17.1 Å². The largest absolute Gasteiger partial charge is 0.496 e. The lowest BCUT2D eigenvalue weighted by atomic mass is 10.1. The van der Waals surface area contributed by atoms with Gasteiger partial charge in [-0.05, 0) is 42.0 Å². The molecule has 0 N–H and O–H groups in total. The van der Waals surface area contributed by atoms with Gasteiger partial charge >= 0.3 is 0 Å². The maximum atomic E-state index is 13.0. The second-order valence-electron chi connectivity index (χ2n) is 7.51. The number of nitrogens with zero attached hydrogens (tertiary/aromatic N) is 3. The molecule has 32 heavy (non-hydrogen) atoms. The van der Waals surface area contributed by atoms with Gasteiger partial charge in [-0.3, -0.25) is 9.78 Å². The lowest BCUT2D eigenvalue weighted by Gasteiger charge is -2.38. The molecule has 0 unspecified atom stereocenters. The van der Waals surface area contributed by atoms with Gasteiger partial charge in [-0.25, -0.2) is 0 Å². The van der Waals surface area contributed by atoms with Crippen molar-refractivity contribution < 1.29 is 14.3 Å². The SMILES string of the molecule is COc1cc(OC)c(N2CCN(c3ccccc3)CC2)cc1C(=O)/C=C/c1ccncc1. The molecule has 0 saturated carbocycles. The number of piperazine rings is 1. The summed E-state index contributed by atoms with van der Waals surface area (Å²) >= 11 is 0. The molecule has 1 aromatic heterocycles. The van der Waals surface area contributed by atoms with Crippen molar-refractivity contribution in [3.8, 4) is 11.5 Å². The first-order chi connectivity index (χ1) is 15.7. The average molecular weight is 430 g/mol. The number of allylic oxidation sites excluding steroid dienone is 1. The van der Waals surface area contributed by atoms with E-state index in [2.05, 4.69) is 39.0 Å². The molecular weight excluding hydrogens is 402 g/mol. The van der Waals surface area contributed by atoms with E-state index in [0.717, 1.165) is 37.4 Å². The van der Waals surface area contributed by atoms with Crippen molar-refractivity contribution in [3.05, 3.63) is 84.2 Å². The Morgan fingerprint density at radius 1 is 0.875 bits per heavy atom. The molecule has 4 rings (SSSR count). The topological polar surface area (TPSA) is 54.9 Å². The van der Waals surface area contributed by atoms with Crippen LogP contribution in [-0.4, -0.2) is 51.2 Å². The molecule has 1 fully saturated rings. The lowest BCUT2D eigenvalue weighted by molar-refractivity contribution is 0.104. The Kier molecular flexibility index (Phi) is 6.70. The molecule has 1 saturated heterocycles. The predicted octanol–water partition coefficient (Wildman–Crippen LogP) is 4.32. The average Bonchev–Trinajstić information content (AvgIpc) is 2.87. The van der Waals surface area contributed by atoms with Gasteiger partial charge in [0.1, 0.15) is 11.5 Å². The van der Waals surface area contributed by atoms with Gasteiger partial charge in [-0.15, -0.1) is 0 Å². The Morgan fingerprint density at radius 3 is 2.19 bits per heavy atom. The quantitative estimate of drug-likeness (QED) is 0.412. The highest BCUT2D eigenvalue weighted by Crippen LogP contribution is 2.36. The third-order valence-corrected chi connectivity index (χ3v) is 5.64. The van der Waals surface area contributed by atoms with Gasteiger partial charge in [0.05, 0.1) is 25.5 Å². The Bertz CT molecular complexity index is 1080. The number of anilines is 2. The van der Waals surface area contributed by atoms with Crippen LogP contribution >= 0.6 is 0 Å². The van der Waals surface area contributed by atoms with Crippen molar-refractivity contribution in [2.75, 3.05) is 50.2 Å². The number of ketones is 1. The van der Waals surface area contributed by atoms with Crippen LogP contribution in [0.2, 0.25) is 0 Å². The molecule has 0 spiro atoms. The van der Waals surface area contributed by atoms with Crippen molar-refractivity contribution >= 4 is 23.2 Å². The fraction of sp³-hybridized carbons (Fsp3) is 0.231. The van der Waals surface area contributed by atoms with E-state index in [1.807, 2.05) is 24.3 Å². The first-order valence-electron chi connectivity index (χ1n) is 10.6. The van der Waals surface area contributed by atoms with Gasteiger partial charge in [0, 0.05) is 50.3 Å². The monoisotopic (exact) mass is 429 g/mol. The molecule has 1 aliphatic rings. The fourth-order valence-corrected chi connectivity index (χ4v) is 3.90. The molecule has 0 radical (unpaired) electrons. The normalized spacial score (nSPS) is 13.9. The summed E-state index contributed by atoms with van der Waals surface area (Å²) in [5.41, 5.74) is 3.56. The summed E-state index contributed by atoms with van der Waals surface area (Å²) in [5, 5.41) is 0. The van der Waals surface area contributed by atoms with Gasteiger partial charge in [0.15, 0.2) is 5.78 Å². The van der Waals surface area contributed by atoms with E-state index < -0.39 is 0 Å². The van der Waals surface area contributed by atoms with Crippen molar-refractivity contribution in [2.45, 2.75) is 0 Å². The first-order valence-corrected chi connectivity index (χ1v) is 10.6. The molecule has 3 aromatic rings. The molecule has 6 heteroatoms. The smallest absolute Gasteiger partial charge is 0.189 e. The third kappa shape index (κ3) is 4.75. The molecule has 6 nitrogen and oxygen atoms in total. The molecule has 0 atom stereocenters. The summed E-state index contributed by atoms with van der Waals surface area (Å²) < 4.78 is 11.2. The summed E-state index contributed by atoms with van der Waals surface area (Å²) in [7, 11) is 3.21. The zero-order valence-corrected chi connectivity index (χ0v) is 18.4. The molecule has 2 heterocycles. The van der Waals surface area contributed by atoms with Crippen molar-refractivity contribution in [1.82, 2.24) is 4.98 Å². The second kappa shape index (κ2) is 10.0. The maximum Gasteiger partial charge on any atom is 0.189 e. The first kappa shape index (κ1) is 21.4. The number of carbonyl (C=O) groups excluding carboxylic acids is 1. The number of hydrogen-bond donors (Lipinski definition) is 0. The minimum atomic E-state index is -0.120. The van der Waals surface area contributed by atoms with E-state index in [-0.39, 0.29) is 5.78 Å². The molecular formula is C26H27N3O3. The number of pyridine rings is 1. The van der Waals surface area contributed by atoms with Crippen LogP contribution in [0.15, 0.2) is 73.1 Å². The van der Waals surface area contributed by atoms with Crippen LogP contribution in [-0.2, 0) is 0 Å².